The van der Waals surface area contributed by atoms with E-state index < -0.39 is 0 Å². The lowest BCUT2D eigenvalue weighted by Crippen LogP contribution is -2.29. The predicted molar refractivity (Wildman–Crippen MR) is 85.3 cm³/mol. The number of anilines is 2. The molecule has 1 aromatic heterocycles. The number of nitrogens with two attached hydrogens (primary N) is 1. The van der Waals surface area contributed by atoms with Crippen molar-refractivity contribution in [3.63, 3.8) is 0 Å². The summed E-state index contributed by atoms with van der Waals surface area (Å²) in [6.45, 7) is 3.13. The second-order valence-corrected chi connectivity index (χ2v) is 5.60. The predicted octanol–water partition coefficient (Wildman–Crippen LogP) is 2.10. The highest BCUT2D eigenvalue weighted by atomic mass is 32.1. The van der Waals surface area contributed by atoms with Crippen molar-refractivity contribution in [3.05, 3.63) is 35.9 Å². The summed E-state index contributed by atoms with van der Waals surface area (Å²) >= 11 is 1.51. The van der Waals surface area contributed by atoms with E-state index in [1.165, 1.54) is 11.3 Å². The summed E-state index contributed by atoms with van der Waals surface area (Å²) in [5, 5.41) is 20.1. The Morgan fingerprint density at radius 2 is 1.70 bits per heavy atom. The van der Waals surface area contributed by atoms with E-state index in [1.54, 1.807) is 0 Å². The number of thiophene rings is 1. The number of nitrogen functional groups attached to an aromatic ring is 1. The summed E-state index contributed by atoms with van der Waals surface area (Å²) in [4.78, 5) is 1.98. The molecule has 0 aliphatic carbocycles. The molecule has 0 fully saturated rings. The molecule has 4 N–H and O–H groups in total. The van der Waals surface area contributed by atoms with Crippen LogP contribution >= 0.6 is 11.3 Å². The number of rotatable bonds is 6. The van der Waals surface area contributed by atoms with Gasteiger partial charge in [-0.3, -0.25) is 0 Å². The lowest BCUT2D eigenvalue weighted by Gasteiger charge is -2.22. The topological polar surface area (TPSA) is 69.7 Å². The maximum atomic E-state index is 9.16. The van der Waals surface area contributed by atoms with Crippen LogP contribution in [-0.2, 0) is 0 Å². The number of benzene rings is 1. The van der Waals surface area contributed by atoms with E-state index in [-0.39, 0.29) is 13.2 Å². The van der Waals surface area contributed by atoms with Gasteiger partial charge in [0.05, 0.1) is 23.2 Å². The molecule has 0 atom stereocenters. The first kappa shape index (κ1) is 14.8. The van der Waals surface area contributed by atoms with Gasteiger partial charge in [-0.15, -0.1) is 11.3 Å². The van der Waals surface area contributed by atoms with Crippen LogP contribution in [0.4, 0.5) is 10.0 Å². The molecule has 1 heterocycles. The summed E-state index contributed by atoms with van der Waals surface area (Å²) in [7, 11) is 0. The number of aliphatic hydroxyl groups is 2. The summed E-state index contributed by atoms with van der Waals surface area (Å²) in [6.07, 6.45) is 0. The number of hydrogen-bond acceptors (Lipinski definition) is 5. The molecule has 0 saturated heterocycles. The Labute approximate surface area is 123 Å². The highest BCUT2D eigenvalue weighted by Gasteiger charge is 2.18. The molecule has 0 amide bonds. The van der Waals surface area contributed by atoms with E-state index in [9.17, 15) is 0 Å². The van der Waals surface area contributed by atoms with Gasteiger partial charge in [0.25, 0.3) is 0 Å². The Bertz CT molecular complexity index is 549. The van der Waals surface area contributed by atoms with E-state index in [2.05, 4.69) is 0 Å². The van der Waals surface area contributed by atoms with Crippen LogP contribution in [0.15, 0.2) is 30.3 Å². The largest absolute Gasteiger partial charge is 0.395 e. The standard InChI is InChI=1S/C15H20N2O2S/c1-11-13(12-5-3-2-4-6-12)14(16)20-15(11)17(7-9-18)8-10-19/h2-6,18-19H,7-10,16H2,1H3. The summed E-state index contributed by atoms with van der Waals surface area (Å²) in [6, 6.07) is 10.0. The molecule has 0 aliphatic rings. The van der Waals surface area contributed by atoms with Crippen LogP contribution in [0.25, 0.3) is 11.1 Å². The van der Waals surface area contributed by atoms with Gasteiger partial charge >= 0.3 is 0 Å². The van der Waals surface area contributed by atoms with E-state index in [1.807, 2.05) is 42.2 Å². The van der Waals surface area contributed by atoms with Crippen LogP contribution in [0.5, 0.6) is 0 Å². The minimum Gasteiger partial charge on any atom is -0.395 e. The van der Waals surface area contributed by atoms with Crippen molar-refractivity contribution in [1.29, 1.82) is 0 Å². The molecule has 0 saturated carbocycles. The Hall–Kier alpha value is -1.56. The van der Waals surface area contributed by atoms with E-state index in [0.29, 0.717) is 13.1 Å². The van der Waals surface area contributed by atoms with Crippen molar-refractivity contribution in [1.82, 2.24) is 0 Å². The van der Waals surface area contributed by atoms with Crippen LogP contribution in [0.1, 0.15) is 5.56 Å². The molecule has 1 aromatic carbocycles. The Balaban J connectivity index is 2.42. The average molecular weight is 292 g/mol. The van der Waals surface area contributed by atoms with Crippen LogP contribution in [-0.4, -0.2) is 36.5 Å². The van der Waals surface area contributed by atoms with Crippen LogP contribution in [0.3, 0.4) is 0 Å². The van der Waals surface area contributed by atoms with Gasteiger partial charge in [-0.2, -0.15) is 0 Å². The molecule has 0 bridgehead atoms. The van der Waals surface area contributed by atoms with Gasteiger partial charge in [0.1, 0.15) is 0 Å². The molecule has 20 heavy (non-hydrogen) atoms. The second kappa shape index (κ2) is 6.74. The van der Waals surface area contributed by atoms with Crippen molar-refractivity contribution in [2.24, 2.45) is 0 Å². The molecule has 0 radical (unpaired) electrons. The highest BCUT2D eigenvalue weighted by molar-refractivity contribution is 7.20. The SMILES string of the molecule is Cc1c(N(CCO)CCO)sc(N)c1-c1ccccc1. The van der Waals surface area contributed by atoms with Crippen molar-refractivity contribution >= 4 is 21.3 Å². The molecule has 4 nitrogen and oxygen atoms in total. The van der Waals surface area contributed by atoms with Crippen molar-refractivity contribution < 1.29 is 10.2 Å². The van der Waals surface area contributed by atoms with Gasteiger partial charge < -0.3 is 20.8 Å². The number of nitrogens with zero attached hydrogens (tertiary/aromatic N) is 1. The molecule has 2 aromatic rings. The fourth-order valence-corrected chi connectivity index (χ4v) is 3.49. The summed E-state index contributed by atoms with van der Waals surface area (Å²) in [5.41, 5.74) is 9.41. The smallest absolute Gasteiger partial charge is 0.0967 e. The zero-order chi connectivity index (χ0) is 14.5. The molecule has 0 spiro atoms. The first-order chi connectivity index (χ1) is 9.69. The summed E-state index contributed by atoms with van der Waals surface area (Å²) in [5.74, 6) is 0. The Morgan fingerprint density at radius 3 is 2.25 bits per heavy atom. The van der Waals surface area contributed by atoms with E-state index in [4.69, 9.17) is 15.9 Å². The van der Waals surface area contributed by atoms with E-state index in [0.717, 1.165) is 26.7 Å². The molecule has 0 unspecified atom stereocenters. The van der Waals surface area contributed by atoms with Crippen LogP contribution in [0.2, 0.25) is 0 Å². The van der Waals surface area contributed by atoms with E-state index >= 15 is 0 Å². The van der Waals surface area contributed by atoms with Gasteiger partial charge in [0.2, 0.25) is 0 Å². The lowest BCUT2D eigenvalue weighted by atomic mass is 10.0. The van der Waals surface area contributed by atoms with Crippen LogP contribution < -0.4 is 10.6 Å². The first-order valence-electron chi connectivity index (χ1n) is 6.60. The second-order valence-electron chi connectivity index (χ2n) is 4.57. The number of hydrogen-bond donors (Lipinski definition) is 3. The molecule has 5 heteroatoms. The van der Waals surface area contributed by atoms with Gasteiger partial charge in [0.15, 0.2) is 0 Å². The molecule has 2 rings (SSSR count). The van der Waals surface area contributed by atoms with Crippen LogP contribution in [0, 0.1) is 6.92 Å². The fourth-order valence-electron chi connectivity index (χ4n) is 2.35. The molecular weight excluding hydrogens is 272 g/mol. The normalized spacial score (nSPS) is 10.8. The lowest BCUT2D eigenvalue weighted by molar-refractivity contribution is 0.281. The fraction of sp³-hybridized carbons (Fsp3) is 0.333. The zero-order valence-electron chi connectivity index (χ0n) is 11.5. The van der Waals surface area contributed by atoms with Crippen molar-refractivity contribution in [3.8, 4) is 11.1 Å². The molecular formula is C15H20N2O2S. The van der Waals surface area contributed by atoms with Crippen molar-refractivity contribution in [2.45, 2.75) is 6.92 Å². The highest BCUT2D eigenvalue weighted by Crippen LogP contribution is 2.43. The first-order valence-corrected chi connectivity index (χ1v) is 7.41. The minimum absolute atomic E-state index is 0.0535. The third kappa shape index (κ3) is 2.95. The maximum Gasteiger partial charge on any atom is 0.0967 e. The third-order valence-electron chi connectivity index (χ3n) is 3.24. The van der Waals surface area contributed by atoms with Crippen molar-refractivity contribution in [2.75, 3.05) is 36.9 Å². The summed E-state index contributed by atoms with van der Waals surface area (Å²) < 4.78 is 0. The van der Waals surface area contributed by atoms with Gasteiger partial charge in [-0.05, 0) is 18.1 Å². The molecule has 0 aliphatic heterocycles. The third-order valence-corrected chi connectivity index (χ3v) is 4.42. The monoisotopic (exact) mass is 292 g/mol. The van der Waals surface area contributed by atoms with Gasteiger partial charge in [-0.25, -0.2) is 0 Å². The molecule has 108 valence electrons. The zero-order valence-corrected chi connectivity index (χ0v) is 12.4. The minimum atomic E-state index is 0.0535. The number of aliphatic hydroxyl groups excluding tert-OH is 2. The Morgan fingerprint density at radius 1 is 1.10 bits per heavy atom. The average Bonchev–Trinajstić information content (AvgIpc) is 2.75. The van der Waals surface area contributed by atoms with Gasteiger partial charge in [0, 0.05) is 18.7 Å². The van der Waals surface area contributed by atoms with Gasteiger partial charge in [-0.1, -0.05) is 30.3 Å². The Kier molecular flexibility index (Phi) is 5.00. The maximum absolute atomic E-state index is 9.16. The quantitative estimate of drug-likeness (QED) is 0.762.